The lowest BCUT2D eigenvalue weighted by Gasteiger charge is -2.31. The van der Waals surface area contributed by atoms with Gasteiger partial charge in [-0.2, -0.15) is 0 Å². The van der Waals surface area contributed by atoms with Gasteiger partial charge < -0.3 is 11.1 Å². The van der Waals surface area contributed by atoms with Gasteiger partial charge in [-0.25, -0.2) is 0 Å². The molecular weight excluding hydrogens is 184 g/mol. The third-order valence-corrected chi connectivity index (χ3v) is 3.80. The summed E-state index contributed by atoms with van der Waals surface area (Å²) in [5.74, 6) is 0. The molecule has 0 aliphatic heterocycles. The summed E-state index contributed by atoms with van der Waals surface area (Å²) < 4.78 is 0. The van der Waals surface area contributed by atoms with Crippen molar-refractivity contribution in [2.24, 2.45) is 11.1 Å². The Morgan fingerprint density at radius 2 is 1.80 bits per heavy atom. The van der Waals surface area contributed by atoms with Crippen LogP contribution in [0.2, 0.25) is 0 Å². The molecular formula is C13H28N2. The van der Waals surface area contributed by atoms with E-state index in [4.69, 9.17) is 5.73 Å². The smallest absolute Gasteiger partial charge is 0.00199 e. The van der Waals surface area contributed by atoms with Crippen LogP contribution in [-0.2, 0) is 0 Å². The van der Waals surface area contributed by atoms with Gasteiger partial charge in [-0.05, 0) is 37.8 Å². The van der Waals surface area contributed by atoms with E-state index >= 15 is 0 Å². The van der Waals surface area contributed by atoms with Crippen molar-refractivity contribution in [1.29, 1.82) is 0 Å². The fourth-order valence-electron chi connectivity index (χ4n) is 2.59. The van der Waals surface area contributed by atoms with Crippen molar-refractivity contribution >= 4 is 0 Å². The first-order valence-electron chi connectivity index (χ1n) is 6.74. The monoisotopic (exact) mass is 212 g/mol. The zero-order chi connectivity index (χ0) is 11.0. The van der Waals surface area contributed by atoms with E-state index in [-0.39, 0.29) is 0 Å². The van der Waals surface area contributed by atoms with Crippen molar-refractivity contribution in [2.45, 2.75) is 58.3 Å². The molecule has 0 aromatic heterocycles. The van der Waals surface area contributed by atoms with Crippen LogP contribution in [0, 0.1) is 5.41 Å². The number of rotatable bonds is 6. The molecule has 1 saturated carbocycles. The van der Waals surface area contributed by atoms with Crippen molar-refractivity contribution in [3.8, 4) is 0 Å². The Hall–Kier alpha value is -0.0800. The summed E-state index contributed by atoms with van der Waals surface area (Å²) in [5, 5.41) is 3.60. The molecule has 0 spiro atoms. The second kappa shape index (κ2) is 7.24. The van der Waals surface area contributed by atoms with Gasteiger partial charge in [0.25, 0.3) is 0 Å². The van der Waals surface area contributed by atoms with Crippen molar-refractivity contribution in [2.75, 3.05) is 19.6 Å². The lowest BCUT2D eigenvalue weighted by Crippen LogP contribution is -2.40. The van der Waals surface area contributed by atoms with Gasteiger partial charge in [-0.3, -0.25) is 0 Å². The van der Waals surface area contributed by atoms with E-state index in [2.05, 4.69) is 12.2 Å². The summed E-state index contributed by atoms with van der Waals surface area (Å²) in [4.78, 5) is 0. The van der Waals surface area contributed by atoms with Gasteiger partial charge in [-0.15, -0.1) is 0 Å². The molecule has 0 aromatic rings. The highest BCUT2D eigenvalue weighted by atomic mass is 14.9. The van der Waals surface area contributed by atoms with E-state index < -0.39 is 0 Å². The van der Waals surface area contributed by atoms with E-state index in [1.54, 1.807) is 0 Å². The van der Waals surface area contributed by atoms with E-state index in [0.29, 0.717) is 5.41 Å². The maximum absolute atomic E-state index is 5.98. The number of nitrogens with two attached hydrogens (primary N) is 1. The van der Waals surface area contributed by atoms with Gasteiger partial charge in [-0.1, -0.05) is 39.0 Å². The van der Waals surface area contributed by atoms with Gasteiger partial charge in [0.2, 0.25) is 0 Å². The molecule has 15 heavy (non-hydrogen) atoms. The van der Waals surface area contributed by atoms with Crippen LogP contribution in [-0.4, -0.2) is 19.6 Å². The van der Waals surface area contributed by atoms with Crippen LogP contribution < -0.4 is 11.1 Å². The van der Waals surface area contributed by atoms with E-state index in [1.807, 2.05) is 0 Å². The minimum Gasteiger partial charge on any atom is -0.330 e. The van der Waals surface area contributed by atoms with Crippen LogP contribution in [0.1, 0.15) is 58.3 Å². The summed E-state index contributed by atoms with van der Waals surface area (Å²) in [6.45, 7) is 5.42. The number of hydrogen-bond donors (Lipinski definition) is 2. The zero-order valence-electron chi connectivity index (χ0n) is 10.4. The number of hydrogen-bond acceptors (Lipinski definition) is 2. The van der Waals surface area contributed by atoms with Crippen LogP contribution >= 0.6 is 0 Å². The molecule has 2 heteroatoms. The Balaban J connectivity index is 2.29. The summed E-state index contributed by atoms with van der Waals surface area (Å²) in [6.07, 6.45) is 10.8. The number of nitrogens with one attached hydrogen (secondary N) is 1. The van der Waals surface area contributed by atoms with Crippen LogP contribution in [0.25, 0.3) is 0 Å². The van der Waals surface area contributed by atoms with Crippen molar-refractivity contribution in [1.82, 2.24) is 5.32 Å². The fourth-order valence-corrected chi connectivity index (χ4v) is 2.59. The SMILES string of the molecule is CCCCNCC1(CN)CCCCCC1. The second-order valence-corrected chi connectivity index (χ2v) is 5.15. The number of unbranched alkanes of at least 4 members (excludes halogenated alkanes) is 1. The predicted molar refractivity (Wildman–Crippen MR) is 67.0 cm³/mol. The van der Waals surface area contributed by atoms with Gasteiger partial charge in [0.15, 0.2) is 0 Å². The molecule has 0 heterocycles. The molecule has 1 rings (SSSR count). The third kappa shape index (κ3) is 4.52. The van der Waals surface area contributed by atoms with Crippen molar-refractivity contribution in [3.63, 3.8) is 0 Å². The lowest BCUT2D eigenvalue weighted by molar-refractivity contribution is 0.242. The maximum Gasteiger partial charge on any atom is 0.00199 e. The zero-order valence-corrected chi connectivity index (χ0v) is 10.4. The molecule has 0 radical (unpaired) electrons. The molecule has 0 aromatic carbocycles. The van der Waals surface area contributed by atoms with Gasteiger partial charge >= 0.3 is 0 Å². The van der Waals surface area contributed by atoms with Gasteiger partial charge in [0.1, 0.15) is 0 Å². The van der Waals surface area contributed by atoms with Crippen molar-refractivity contribution in [3.05, 3.63) is 0 Å². The summed E-state index contributed by atoms with van der Waals surface area (Å²) in [5.41, 5.74) is 6.40. The van der Waals surface area contributed by atoms with Crippen LogP contribution in [0.5, 0.6) is 0 Å². The average Bonchev–Trinajstić information content (AvgIpc) is 2.51. The molecule has 2 nitrogen and oxygen atoms in total. The fraction of sp³-hybridized carbons (Fsp3) is 1.00. The molecule has 1 aliphatic carbocycles. The average molecular weight is 212 g/mol. The summed E-state index contributed by atoms with van der Waals surface area (Å²) in [7, 11) is 0. The molecule has 3 N–H and O–H groups in total. The molecule has 0 bridgehead atoms. The maximum atomic E-state index is 5.98. The Morgan fingerprint density at radius 1 is 1.13 bits per heavy atom. The second-order valence-electron chi connectivity index (χ2n) is 5.15. The molecule has 0 saturated heterocycles. The van der Waals surface area contributed by atoms with Gasteiger partial charge in [0, 0.05) is 6.54 Å². The molecule has 90 valence electrons. The minimum absolute atomic E-state index is 0.421. The minimum atomic E-state index is 0.421. The predicted octanol–water partition coefficient (Wildman–Crippen LogP) is 2.68. The van der Waals surface area contributed by atoms with Crippen LogP contribution in [0.4, 0.5) is 0 Å². The van der Waals surface area contributed by atoms with E-state index in [1.165, 1.54) is 51.4 Å². The molecule has 0 atom stereocenters. The molecule has 0 unspecified atom stereocenters. The lowest BCUT2D eigenvalue weighted by atomic mass is 9.80. The Morgan fingerprint density at radius 3 is 2.33 bits per heavy atom. The van der Waals surface area contributed by atoms with Gasteiger partial charge in [0.05, 0.1) is 0 Å². The first-order valence-corrected chi connectivity index (χ1v) is 6.74. The van der Waals surface area contributed by atoms with Crippen molar-refractivity contribution < 1.29 is 0 Å². The molecule has 0 amide bonds. The Bertz CT molecular complexity index is 149. The summed E-state index contributed by atoms with van der Waals surface area (Å²) >= 11 is 0. The Labute approximate surface area is 95.0 Å². The van der Waals surface area contributed by atoms with E-state index in [9.17, 15) is 0 Å². The van der Waals surface area contributed by atoms with Crippen LogP contribution in [0.15, 0.2) is 0 Å². The highest BCUT2D eigenvalue weighted by molar-refractivity contribution is 4.84. The summed E-state index contributed by atoms with van der Waals surface area (Å²) in [6, 6.07) is 0. The quantitative estimate of drug-likeness (QED) is 0.525. The largest absolute Gasteiger partial charge is 0.330 e. The first-order chi connectivity index (χ1) is 7.33. The molecule has 1 aliphatic rings. The molecule has 1 fully saturated rings. The Kier molecular flexibility index (Phi) is 6.26. The highest BCUT2D eigenvalue weighted by Crippen LogP contribution is 2.33. The highest BCUT2D eigenvalue weighted by Gasteiger charge is 2.28. The van der Waals surface area contributed by atoms with E-state index in [0.717, 1.165) is 19.6 Å². The van der Waals surface area contributed by atoms with Crippen LogP contribution in [0.3, 0.4) is 0 Å². The normalized spacial score (nSPS) is 21.2. The third-order valence-electron chi connectivity index (χ3n) is 3.80. The standard InChI is InChI=1S/C13H28N2/c1-2-3-10-15-12-13(11-14)8-6-4-5-7-9-13/h15H,2-12,14H2,1H3. The topological polar surface area (TPSA) is 38.0 Å². The first kappa shape index (κ1) is 13.0.